The van der Waals surface area contributed by atoms with Crippen molar-refractivity contribution < 1.29 is 9.90 Å². The molecule has 1 unspecified atom stereocenters. The minimum absolute atomic E-state index is 0.635. The molecule has 0 aromatic carbocycles. The van der Waals surface area contributed by atoms with Crippen molar-refractivity contribution in [2.24, 2.45) is 0 Å². The molecule has 14 heavy (non-hydrogen) atoms. The highest BCUT2D eigenvalue weighted by Crippen LogP contribution is 2.56. The molecule has 72 valence electrons. The van der Waals surface area contributed by atoms with E-state index in [1.165, 1.54) is 0 Å². The molecule has 3 aliphatic rings. The van der Waals surface area contributed by atoms with Crippen LogP contribution in [-0.2, 0) is 4.79 Å². The largest absolute Gasteiger partial charge is 0.479 e. The molecule has 1 aliphatic carbocycles. The van der Waals surface area contributed by atoms with E-state index >= 15 is 0 Å². The normalized spacial score (nSPS) is 32.7. The fourth-order valence-corrected chi connectivity index (χ4v) is 3.43. The molecule has 3 nitrogen and oxygen atoms in total. The Morgan fingerprint density at radius 1 is 1.64 bits per heavy atom. The summed E-state index contributed by atoms with van der Waals surface area (Å²) in [5.41, 5.74) is -0.721. The standard InChI is InChI=1S/C10H9NO2S/c12-9(13)10-5-4-7(10)14-8-3-1-2-6-11(8)10/h1-4H,5-6H2,(H,12,13). The molecule has 0 spiro atoms. The van der Waals surface area contributed by atoms with Gasteiger partial charge in [0.1, 0.15) is 0 Å². The Bertz CT molecular complexity index is 410. The first-order chi connectivity index (χ1) is 6.75. The quantitative estimate of drug-likeness (QED) is 0.708. The van der Waals surface area contributed by atoms with Gasteiger partial charge in [0.15, 0.2) is 5.54 Å². The number of aliphatic carboxylic acids is 1. The molecule has 2 heterocycles. The SMILES string of the molecule is O=C(O)C12CC=C1SC1=CC=CCN12. The Kier molecular flexibility index (Phi) is 1.43. The van der Waals surface area contributed by atoms with Crippen LogP contribution in [0.5, 0.6) is 0 Å². The monoisotopic (exact) mass is 207 g/mol. The van der Waals surface area contributed by atoms with E-state index in [9.17, 15) is 9.90 Å². The Morgan fingerprint density at radius 2 is 2.50 bits per heavy atom. The van der Waals surface area contributed by atoms with Crippen molar-refractivity contribution in [3.05, 3.63) is 34.2 Å². The van der Waals surface area contributed by atoms with E-state index in [2.05, 4.69) is 0 Å². The van der Waals surface area contributed by atoms with Gasteiger partial charge in [-0.25, -0.2) is 4.79 Å². The van der Waals surface area contributed by atoms with Crippen molar-refractivity contribution >= 4 is 17.7 Å². The van der Waals surface area contributed by atoms with E-state index < -0.39 is 11.5 Å². The molecule has 0 bridgehead atoms. The second kappa shape index (κ2) is 2.45. The minimum atomic E-state index is -0.721. The lowest BCUT2D eigenvalue weighted by Gasteiger charge is -2.40. The van der Waals surface area contributed by atoms with E-state index in [0.29, 0.717) is 13.0 Å². The first-order valence-corrected chi connectivity index (χ1v) is 5.33. The molecular weight excluding hydrogens is 198 g/mol. The summed E-state index contributed by atoms with van der Waals surface area (Å²) >= 11 is 1.59. The van der Waals surface area contributed by atoms with Crippen LogP contribution in [0.2, 0.25) is 0 Å². The summed E-state index contributed by atoms with van der Waals surface area (Å²) in [5, 5.41) is 10.4. The second-order valence-electron chi connectivity index (χ2n) is 3.58. The van der Waals surface area contributed by atoms with Gasteiger partial charge in [-0.2, -0.15) is 0 Å². The fourth-order valence-electron chi connectivity index (χ4n) is 2.10. The van der Waals surface area contributed by atoms with Crippen LogP contribution in [0.1, 0.15) is 6.42 Å². The minimum Gasteiger partial charge on any atom is -0.479 e. The van der Waals surface area contributed by atoms with Crippen molar-refractivity contribution in [2.75, 3.05) is 6.54 Å². The number of rotatable bonds is 1. The third kappa shape index (κ3) is 0.733. The van der Waals surface area contributed by atoms with E-state index in [1.54, 1.807) is 11.8 Å². The Hall–Kier alpha value is -1.16. The van der Waals surface area contributed by atoms with Crippen molar-refractivity contribution in [1.82, 2.24) is 4.90 Å². The molecule has 1 N–H and O–H groups in total. The van der Waals surface area contributed by atoms with Gasteiger partial charge in [-0.05, 0) is 6.08 Å². The summed E-state index contributed by atoms with van der Waals surface area (Å²) in [6.07, 6.45) is 8.61. The molecule has 3 rings (SSSR count). The van der Waals surface area contributed by atoms with Crippen LogP contribution in [0.4, 0.5) is 0 Å². The van der Waals surface area contributed by atoms with Crippen molar-refractivity contribution in [3.8, 4) is 0 Å². The average Bonchev–Trinajstić information content (AvgIpc) is 2.35. The van der Waals surface area contributed by atoms with E-state index in [4.69, 9.17) is 0 Å². The van der Waals surface area contributed by atoms with Gasteiger partial charge in [-0.3, -0.25) is 0 Å². The van der Waals surface area contributed by atoms with Gasteiger partial charge >= 0.3 is 5.97 Å². The average molecular weight is 207 g/mol. The number of hydrogen-bond donors (Lipinski definition) is 1. The van der Waals surface area contributed by atoms with Crippen LogP contribution in [-0.4, -0.2) is 28.1 Å². The van der Waals surface area contributed by atoms with E-state index in [1.807, 2.05) is 29.2 Å². The summed E-state index contributed by atoms with van der Waals surface area (Å²) in [6, 6.07) is 0. The number of nitrogens with zero attached hydrogens (tertiary/aromatic N) is 1. The van der Waals surface area contributed by atoms with E-state index in [-0.39, 0.29) is 0 Å². The van der Waals surface area contributed by atoms with Gasteiger partial charge in [0.2, 0.25) is 0 Å². The third-order valence-corrected chi connectivity index (χ3v) is 4.24. The zero-order chi connectivity index (χ0) is 9.76. The van der Waals surface area contributed by atoms with Gasteiger partial charge in [0, 0.05) is 17.9 Å². The summed E-state index contributed by atoms with van der Waals surface area (Å²) in [4.78, 5) is 14.3. The Morgan fingerprint density at radius 3 is 3.14 bits per heavy atom. The highest BCUT2D eigenvalue weighted by atomic mass is 32.2. The summed E-state index contributed by atoms with van der Waals surface area (Å²) < 4.78 is 0. The zero-order valence-electron chi connectivity index (χ0n) is 7.43. The Labute approximate surface area is 85.8 Å². The van der Waals surface area contributed by atoms with E-state index in [0.717, 1.165) is 9.93 Å². The molecule has 0 radical (unpaired) electrons. The van der Waals surface area contributed by atoms with Crippen LogP contribution < -0.4 is 0 Å². The molecule has 2 aliphatic heterocycles. The van der Waals surface area contributed by atoms with Gasteiger partial charge in [0.05, 0.1) is 5.03 Å². The number of carboxylic acids is 1. The van der Waals surface area contributed by atoms with Gasteiger partial charge in [0.25, 0.3) is 0 Å². The fraction of sp³-hybridized carbons (Fsp3) is 0.300. The molecular formula is C10H9NO2S. The number of allylic oxidation sites excluding steroid dienone is 2. The lowest BCUT2D eigenvalue weighted by Crippen LogP contribution is -2.54. The number of fused-ring (bicyclic) bond motifs is 3. The highest BCUT2D eigenvalue weighted by Gasteiger charge is 2.57. The van der Waals surface area contributed by atoms with Crippen LogP contribution in [0.3, 0.4) is 0 Å². The van der Waals surface area contributed by atoms with Crippen molar-refractivity contribution in [3.63, 3.8) is 0 Å². The maximum atomic E-state index is 11.3. The lowest BCUT2D eigenvalue weighted by molar-refractivity contribution is -0.147. The second-order valence-corrected chi connectivity index (χ2v) is 4.65. The lowest BCUT2D eigenvalue weighted by atomic mass is 9.83. The number of carboxylic acid groups (broad SMARTS) is 1. The first-order valence-electron chi connectivity index (χ1n) is 4.51. The topological polar surface area (TPSA) is 40.5 Å². The molecule has 1 fully saturated rings. The predicted octanol–water partition coefficient (Wildman–Crippen LogP) is 1.56. The number of carbonyl (C=O) groups is 1. The molecule has 0 aromatic heterocycles. The third-order valence-electron chi connectivity index (χ3n) is 2.95. The zero-order valence-corrected chi connectivity index (χ0v) is 8.25. The van der Waals surface area contributed by atoms with Crippen LogP contribution in [0, 0.1) is 0 Å². The molecule has 1 saturated heterocycles. The highest BCUT2D eigenvalue weighted by molar-refractivity contribution is 8.07. The van der Waals surface area contributed by atoms with Crippen LogP contribution in [0.15, 0.2) is 34.2 Å². The van der Waals surface area contributed by atoms with Crippen LogP contribution in [0.25, 0.3) is 0 Å². The molecule has 1 atom stereocenters. The summed E-state index contributed by atoms with van der Waals surface area (Å²) in [5.74, 6) is -0.721. The predicted molar refractivity (Wildman–Crippen MR) is 54.6 cm³/mol. The van der Waals surface area contributed by atoms with Gasteiger partial charge in [-0.1, -0.05) is 30.0 Å². The molecule has 0 amide bonds. The van der Waals surface area contributed by atoms with Crippen LogP contribution >= 0.6 is 11.8 Å². The molecule has 0 aromatic rings. The summed E-state index contributed by atoms with van der Waals surface area (Å²) in [6.45, 7) is 0.711. The molecule has 4 heteroatoms. The maximum absolute atomic E-state index is 11.3. The maximum Gasteiger partial charge on any atom is 0.335 e. The van der Waals surface area contributed by atoms with Crippen molar-refractivity contribution in [2.45, 2.75) is 12.0 Å². The van der Waals surface area contributed by atoms with Crippen molar-refractivity contribution in [1.29, 1.82) is 0 Å². The Balaban J connectivity index is 2.09. The first kappa shape index (κ1) is 8.17. The number of hydrogen-bond acceptors (Lipinski definition) is 3. The number of thioether (sulfide) groups is 1. The van der Waals surface area contributed by atoms with Gasteiger partial charge < -0.3 is 10.0 Å². The smallest absolute Gasteiger partial charge is 0.335 e. The van der Waals surface area contributed by atoms with Gasteiger partial charge in [-0.15, -0.1) is 0 Å². The summed E-state index contributed by atoms with van der Waals surface area (Å²) in [7, 11) is 0. The molecule has 0 saturated carbocycles.